The van der Waals surface area contributed by atoms with E-state index in [2.05, 4.69) is 15.4 Å². The smallest absolute Gasteiger partial charge is 0.416 e. The zero-order valence-corrected chi connectivity index (χ0v) is 22.0. The van der Waals surface area contributed by atoms with Gasteiger partial charge in [0.25, 0.3) is 5.91 Å². The van der Waals surface area contributed by atoms with Crippen molar-refractivity contribution in [2.75, 3.05) is 19.0 Å². The monoisotopic (exact) mass is 564 g/mol. The summed E-state index contributed by atoms with van der Waals surface area (Å²) >= 11 is 1.32. The van der Waals surface area contributed by atoms with E-state index in [1.165, 1.54) is 28.2 Å². The summed E-state index contributed by atoms with van der Waals surface area (Å²) in [5.74, 6) is 0.784. The Morgan fingerprint density at radius 3 is 2.45 bits per heavy atom. The van der Waals surface area contributed by atoms with Gasteiger partial charge in [-0.1, -0.05) is 36.4 Å². The molecule has 0 aliphatic rings. The number of benzene rings is 3. The van der Waals surface area contributed by atoms with Crippen LogP contribution in [-0.2, 0) is 12.6 Å². The number of amides is 1. The largest absolute Gasteiger partial charge is 0.497 e. The Morgan fingerprint density at radius 2 is 1.77 bits per heavy atom. The van der Waals surface area contributed by atoms with Crippen LogP contribution in [0.5, 0.6) is 11.8 Å². The normalized spacial score (nSPS) is 11.3. The van der Waals surface area contributed by atoms with Gasteiger partial charge in [-0.15, -0.1) is 16.4 Å². The summed E-state index contributed by atoms with van der Waals surface area (Å²) in [6.45, 7) is 0.277. The van der Waals surface area contributed by atoms with Gasteiger partial charge < -0.3 is 14.8 Å². The number of hydrogen-bond donors (Lipinski definition) is 1. The number of carbonyl (C=O) groups excluding carboxylic acids is 1. The molecule has 204 valence electrons. The second-order valence-electron chi connectivity index (χ2n) is 8.63. The summed E-state index contributed by atoms with van der Waals surface area (Å²) in [6.07, 6.45) is -3.88. The van der Waals surface area contributed by atoms with E-state index < -0.39 is 11.7 Å². The van der Waals surface area contributed by atoms with Crippen LogP contribution in [0.2, 0.25) is 0 Å². The molecule has 0 spiro atoms. The van der Waals surface area contributed by atoms with Gasteiger partial charge in [0.1, 0.15) is 5.75 Å². The van der Waals surface area contributed by atoms with E-state index in [1.54, 1.807) is 43.5 Å². The van der Waals surface area contributed by atoms with Crippen molar-refractivity contribution in [2.45, 2.75) is 12.6 Å². The van der Waals surface area contributed by atoms with Crippen molar-refractivity contribution >= 4 is 22.9 Å². The summed E-state index contributed by atoms with van der Waals surface area (Å²) in [5.41, 5.74) is 1.73. The van der Waals surface area contributed by atoms with Gasteiger partial charge in [0.05, 0.1) is 29.8 Å². The first kappa shape index (κ1) is 26.9. The lowest BCUT2D eigenvalue weighted by Gasteiger charge is -2.10. The number of anilines is 1. The van der Waals surface area contributed by atoms with E-state index in [4.69, 9.17) is 9.47 Å². The van der Waals surface area contributed by atoms with Crippen LogP contribution in [0, 0.1) is 0 Å². The van der Waals surface area contributed by atoms with Gasteiger partial charge in [-0.25, -0.2) is 4.68 Å². The standard InChI is InChI=1S/C29H23F3N4O3S/c1-38-24-13-7-19(8-14-24)15-16-39-28-34-26(20-9-11-21(12-10-20)29(30,31)32)36(35-28)23-5-2-4-22(18-23)33-27(37)25-6-3-17-40-25/h2-14,17-18H,15-16H2,1H3,(H,33,37). The fourth-order valence-corrected chi connectivity index (χ4v) is 4.52. The fourth-order valence-electron chi connectivity index (χ4n) is 3.90. The van der Waals surface area contributed by atoms with Crippen LogP contribution < -0.4 is 14.8 Å². The lowest BCUT2D eigenvalue weighted by atomic mass is 10.1. The Kier molecular flexibility index (Phi) is 7.83. The van der Waals surface area contributed by atoms with Gasteiger partial charge in [-0.3, -0.25) is 4.79 Å². The molecular formula is C29H23F3N4O3S. The van der Waals surface area contributed by atoms with Crippen LogP contribution in [-0.4, -0.2) is 34.4 Å². The Balaban J connectivity index is 1.42. The first-order valence-electron chi connectivity index (χ1n) is 12.2. The molecule has 5 rings (SSSR count). The van der Waals surface area contributed by atoms with E-state index in [0.717, 1.165) is 23.4 Å². The number of carbonyl (C=O) groups is 1. The second kappa shape index (κ2) is 11.6. The fraction of sp³-hybridized carbons (Fsp3) is 0.138. The van der Waals surface area contributed by atoms with Gasteiger partial charge in [-0.05, 0) is 59.5 Å². The summed E-state index contributed by atoms with van der Waals surface area (Å²) in [4.78, 5) is 17.6. The molecule has 0 aliphatic heterocycles. The van der Waals surface area contributed by atoms with Gasteiger partial charge >= 0.3 is 12.2 Å². The molecule has 0 radical (unpaired) electrons. The molecule has 5 aromatic rings. The van der Waals surface area contributed by atoms with Crippen LogP contribution in [0.1, 0.15) is 20.8 Å². The highest BCUT2D eigenvalue weighted by Gasteiger charge is 2.30. The van der Waals surface area contributed by atoms with Crippen molar-refractivity contribution in [3.8, 4) is 28.8 Å². The second-order valence-corrected chi connectivity index (χ2v) is 9.58. The minimum Gasteiger partial charge on any atom is -0.497 e. The number of nitrogens with zero attached hydrogens (tertiary/aromatic N) is 3. The highest BCUT2D eigenvalue weighted by Crippen LogP contribution is 2.32. The van der Waals surface area contributed by atoms with Crippen LogP contribution in [0.4, 0.5) is 18.9 Å². The molecule has 11 heteroatoms. The molecule has 7 nitrogen and oxygen atoms in total. The zero-order valence-electron chi connectivity index (χ0n) is 21.2. The first-order chi connectivity index (χ1) is 19.3. The van der Waals surface area contributed by atoms with Crippen molar-refractivity contribution in [1.82, 2.24) is 14.8 Å². The van der Waals surface area contributed by atoms with Gasteiger partial charge in [-0.2, -0.15) is 18.2 Å². The lowest BCUT2D eigenvalue weighted by Crippen LogP contribution is -2.10. The molecule has 0 saturated carbocycles. The van der Waals surface area contributed by atoms with Crippen molar-refractivity contribution in [2.24, 2.45) is 0 Å². The van der Waals surface area contributed by atoms with E-state index in [-0.39, 0.29) is 24.3 Å². The molecule has 0 fully saturated rings. The van der Waals surface area contributed by atoms with Gasteiger partial charge in [0.2, 0.25) is 0 Å². The highest BCUT2D eigenvalue weighted by molar-refractivity contribution is 7.12. The average molecular weight is 565 g/mol. The first-order valence-corrected chi connectivity index (χ1v) is 13.0. The van der Waals surface area contributed by atoms with Crippen molar-refractivity contribution in [3.63, 3.8) is 0 Å². The van der Waals surface area contributed by atoms with Crippen molar-refractivity contribution in [3.05, 3.63) is 106 Å². The maximum atomic E-state index is 13.1. The molecule has 3 aromatic carbocycles. The summed E-state index contributed by atoms with van der Waals surface area (Å²) < 4.78 is 51.9. The quantitative estimate of drug-likeness (QED) is 0.211. The van der Waals surface area contributed by atoms with Crippen molar-refractivity contribution < 1.29 is 27.4 Å². The molecule has 1 N–H and O–H groups in total. The third-order valence-electron chi connectivity index (χ3n) is 5.93. The molecule has 0 aliphatic carbocycles. The number of alkyl halides is 3. The minimum absolute atomic E-state index is 0.0661. The topological polar surface area (TPSA) is 78.3 Å². The summed E-state index contributed by atoms with van der Waals surface area (Å²) in [6, 6.07) is 22.7. The molecule has 0 bridgehead atoms. The Bertz CT molecular complexity index is 1580. The summed E-state index contributed by atoms with van der Waals surface area (Å²) in [7, 11) is 1.60. The highest BCUT2D eigenvalue weighted by atomic mass is 32.1. The predicted octanol–water partition coefficient (Wildman–Crippen LogP) is 6.90. The Hall–Kier alpha value is -4.64. The third kappa shape index (κ3) is 6.32. The third-order valence-corrected chi connectivity index (χ3v) is 6.80. The van der Waals surface area contributed by atoms with Gasteiger partial charge in [0, 0.05) is 17.7 Å². The number of hydrogen-bond acceptors (Lipinski definition) is 6. The molecule has 2 heterocycles. The SMILES string of the molecule is COc1ccc(CCOc2nc(-c3ccc(C(F)(F)F)cc3)n(-c3cccc(NC(=O)c4cccs4)c3)n2)cc1. The zero-order chi connectivity index (χ0) is 28.1. The molecule has 0 atom stereocenters. The number of thiophene rings is 1. The molecule has 40 heavy (non-hydrogen) atoms. The van der Waals surface area contributed by atoms with E-state index in [1.807, 2.05) is 29.6 Å². The van der Waals surface area contributed by atoms with Crippen LogP contribution in [0.25, 0.3) is 17.1 Å². The van der Waals surface area contributed by atoms with Crippen LogP contribution >= 0.6 is 11.3 Å². The summed E-state index contributed by atoms with van der Waals surface area (Å²) in [5, 5.41) is 9.15. The number of aromatic nitrogens is 3. The van der Waals surface area contributed by atoms with Gasteiger partial charge in [0.15, 0.2) is 5.82 Å². The number of halogens is 3. The molecular weight excluding hydrogens is 541 g/mol. The van der Waals surface area contributed by atoms with Crippen LogP contribution in [0.3, 0.4) is 0 Å². The van der Waals surface area contributed by atoms with Crippen molar-refractivity contribution in [1.29, 1.82) is 0 Å². The maximum Gasteiger partial charge on any atom is 0.416 e. The molecule has 1 amide bonds. The minimum atomic E-state index is -4.46. The Labute approximate surface area is 231 Å². The number of nitrogens with one attached hydrogen (secondary N) is 1. The lowest BCUT2D eigenvalue weighted by molar-refractivity contribution is -0.137. The number of rotatable bonds is 9. The molecule has 0 saturated heterocycles. The average Bonchev–Trinajstić information content (AvgIpc) is 3.64. The van der Waals surface area contributed by atoms with E-state index in [9.17, 15) is 18.0 Å². The number of ether oxygens (including phenoxy) is 2. The number of methoxy groups -OCH3 is 1. The van der Waals surface area contributed by atoms with Crippen LogP contribution in [0.15, 0.2) is 90.3 Å². The van der Waals surface area contributed by atoms with E-state index in [0.29, 0.717) is 28.2 Å². The predicted molar refractivity (Wildman–Crippen MR) is 146 cm³/mol. The molecule has 0 unspecified atom stereocenters. The van der Waals surface area contributed by atoms with E-state index >= 15 is 0 Å². The maximum absolute atomic E-state index is 13.1. The molecule has 2 aromatic heterocycles. The Morgan fingerprint density at radius 1 is 1.00 bits per heavy atom.